The van der Waals surface area contributed by atoms with E-state index in [9.17, 15) is 9.18 Å². The fraction of sp³-hybridized carbons (Fsp3) is 0.222. The quantitative estimate of drug-likeness (QED) is 0.329. The molecular weight excluding hydrogens is 447 g/mol. The average molecular weight is 473 g/mol. The van der Waals surface area contributed by atoms with Crippen molar-refractivity contribution >= 4 is 17.7 Å². The minimum Gasteiger partial charge on any atom is -0.344 e. The van der Waals surface area contributed by atoms with E-state index < -0.39 is 5.25 Å². The van der Waals surface area contributed by atoms with Crippen molar-refractivity contribution < 1.29 is 9.18 Å². The van der Waals surface area contributed by atoms with Crippen LogP contribution < -0.4 is 5.32 Å². The zero-order valence-corrected chi connectivity index (χ0v) is 19.6. The van der Waals surface area contributed by atoms with Gasteiger partial charge < -0.3 is 5.32 Å². The molecule has 1 aromatic heterocycles. The summed E-state index contributed by atoms with van der Waals surface area (Å²) < 4.78 is 16.4. The smallest absolute Gasteiger partial charge is 0.234 e. The molecule has 0 bridgehead atoms. The third kappa shape index (κ3) is 4.75. The molecule has 0 spiro atoms. The van der Waals surface area contributed by atoms with E-state index in [0.29, 0.717) is 16.5 Å². The highest BCUT2D eigenvalue weighted by Crippen LogP contribution is 2.42. The summed E-state index contributed by atoms with van der Waals surface area (Å²) in [5, 5.41) is 12.1. The summed E-state index contributed by atoms with van der Waals surface area (Å²) in [6, 6.07) is 26.4. The summed E-state index contributed by atoms with van der Waals surface area (Å²) in [4.78, 5) is 13.3. The molecule has 4 aromatic rings. The van der Waals surface area contributed by atoms with Gasteiger partial charge in [-0.15, -0.1) is 10.2 Å². The fourth-order valence-electron chi connectivity index (χ4n) is 3.97. The summed E-state index contributed by atoms with van der Waals surface area (Å²) in [6.07, 6.45) is 2.00. The van der Waals surface area contributed by atoms with Gasteiger partial charge >= 0.3 is 0 Å². The maximum absolute atomic E-state index is 14.5. The van der Waals surface area contributed by atoms with Crippen molar-refractivity contribution in [2.75, 3.05) is 0 Å². The van der Waals surface area contributed by atoms with Gasteiger partial charge in [-0.3, -0.25) is 9.36 Å². The van der Waals surface area contributed by atoms with Gasteiger partial charge in [0.2, 0.25) is 5.91 Å². The highest BCUT2D eigenvalue weighted by molar-refractivity contribution is 8.00. The zero-order valence-electron chi connectivity index (χ0n) is 18.8. The van der Waals surface area contributed by atoms with Gasteiger partial charge in [-0.25, -0.2) is 4.39 Å². The van der Waals surface area contributed by atoms with E-state index in [2.05, 4.69) is 15.5 Å². The molecule has 1 saturated carbocycles. The zero-order chi connectivity index (χ0) is 23.5. The van der Waals surface area contributed by atoms with Crippen LogP contribution in [0.4, 0.5) is 4.39 Å². The lowest BCUT2D eigenvalue weighted by Gasteiger charge is -2.22. The first-order valence-corrected chi connectivity index (χ1v) is 12.3. The van der Waals surface area contributed by atoms with Crippen LogP contribution >= 0.6 is 11.8 Å². The Morgan fingerprint density at radius 1 is 0.941 bits per heavy atom. The number of hydrogen-bond acceptors (Lipinski definition) is 4. The second kappa shape index (κ2) is 9.81. The molecule has 3 aromatic carbocycles. The van der Waals surface area contributed by atoms with Crippen LogP contribution in [0.15, 0.2) is 90.1 Å². The van der Waals surface area contributed by atoms with Gasteiger partial charge in [0.1, 0.15) is 5.82 Å². The molecule has 0 unspecified atom stereocenters. The highest BCUT2D eigenvalue weighted by Gasteiger charge is 2.32. The first kappa shape index (κ1) is 22.3. The minimum absolute atomic E-state index is 0.0968. The van der Waals surface area contributed by atoms with E-state index in [1.165, 1.54) is 17.8 Å². The van der Waals surface area contributed by atoms with E-state index in [-0.39, 0.29) is 23.8 Å². The molecule has 0 radical (unpaired) electrons. The Morgan fingerprint density at radius 2 is 1.53 bits per heavy atom. The molecule has 1 aliphatic rings. The average Bonchev–Trinajstić information content (AvgIpc) is 3.63. The number of hydrogen-bond donors (Lipinski definition) is 1. The van der Waals surface area contributed by atoms with Crippen molar-refractivity contribution in [1.82, 2.24) is 20.1 Å². The Hall–Kier alpha value is -3.45. The SMILES string of the molecule is C[C@H](Sc1nnc(-c2ccccc2F)n1C1CC1)C(=O)NC(c1ccccc1)c1ccccc1. The fourth-order valence-corrected chi connectivity index (χ4v) is 4.90. The number of carbonyl (C=O) groups is 1. The number of amides is 1. The van der Waals surface area contributed by atoms with E-state index in [1.807, 2.05) is 72.2 Å². The Morgan fingerprint density at radius 3 is 2.12 bits per heavy atom. The summed E-state index contributed by atoms with van der Waals surface area (Å²) in [6.45, 7) is 1.86. The molecule has 0 aliphatic heterocycles. The predicted molar refractivity (Wildman–Crippen MR) is 132 cm³/mol. The van der Waals surface area contributed by atoms with Crippen molar-refractivity contribution in [1.29, 1.82) is 0 Å². The Balaban J connectivity index is 1.38. The van der Waals surface area contributed by atoms with Crippen LogP contribution in [-0.4, -0.2) is 25.9 Å². The Bertz CT molecular complexity index is 1230. The van der Waals surface area contributed by atoms with Gasteiger partial charge in [0, 0.05) is 6.04 Å². The largest absolute Gasteiger partial charge is 0.344 e. The van der Waals surface area contributed by atoms with Gasteiger partial charge in [-0.1, -0.05) is 84.6 Å². The third-order valence-electron chi connectivity index (χ3n) is 5.90. The number of halogens is 1. The lowest BCUT2D eigenvalue weighted by molar-refractivity contribution is -0.120. The molecule has 1 fully saturated rings. The number of benzene rings is 3. The van der Waals surface area contributed by atoms with Crippen LogP contribution in [0.1, 0.15) is 43.0 Å². The van der Waals surface area contributed by atoms with Crippen molar-refractivity contribution in [2.24, 2.45) is 0 Å². The number of nitrogens with zero attached hydrogens (tertiary/aromatic N) is 3. The number of nitrogens with one attached hydrogen (secondary N) is 1. The number of rotatable bonds is 8. The van der Waals surface area contributed by atoms with Crippen LogP contribution in [-0.2, 0) is 4.79 Å². The molecular formula is C27H25FN4OS. The van der Waals surface area contributed by atoms with Gasteiger partial charge in [0.05, 0.1) is 16.9 Å². The Labute approximate surface area is 202 Å². The van der Waals surface area contributed by atoms with Crippen molar-refractivity contribution in [3.8, 4) is 11.4 Å². The molecule has 172 valence electrons. The van der Waals surface area contributed by atoms with Gasteiger partial charge in [0.15, 0.2) is 11.0 Å². The first-order chi connectivity index (χ1) is 16.6. The maximum atomic E-state index is 14.5. The second-order valence-corrected chi connectivity index (χ2v) is 9.72. The first-order valence-electron chi connectivity index (χ1n) is 11.4. The predicted octanol–water partition coefficient (Wildman–Crippen LogP) is 5.81. The van der Waals surface area contributed by atoms with E-state index in [1.54, 1.807) is 18.2 Å². The molecule has 1 aliphatic carbocycles. The lowest BCUT2D eigenvalue weighted by Crippen LogP contribution is -2.35. The topological polar surface area (TPSA) is 59.8 Å². The molecule has 1 N–H and O–H groups in total. The number of thioether (sulfide) groups is 1. The second-order valence-electron chi connectivity index (χ2n) is 8.41. The van der Waals surface area contributed by atoms with E-state index in [0.717, 1.165) is 24.0 Å². The molecule has 5 nitrogen and oxygen atoms in total. The number of carbonyl (C=O) groups excluding carboxylic acids is 1. The summed E-state index contributed by atoms with van der Waals surface area (Å²) in [5.74, 6) is 0.0929. The lowest BCUT2D eigenvalue weighted by atomic mass is 9.98. The molecule has 1 atom stereocenters. The van der Waals surface area contributed by atoms with Crippen LogP contribution in [0.3, 0.4) is 0 Å². The van der Waals surface area contributed by atoms with Crippen molar-refractivity contribution in [3.63, 3.8) is 0 Å². The molecule has 34 heavy (non-hydrogen) atoms. The highest BCUT2D eigenvalue weighted by atomic mass is 32.2. The molecule has 5 rings (SSSR count). The molecule has 0 saturated heterocycles. The molecule has 7 heteroatoms. The van der Waals surface area contributed by atoms with Crippen LogP contribution in [0.5, 0.6) is 0 Å². The monoisotopic (exact) mass is 472 g/mol. The van der Waals surface area contributed by atoms with Crippen molar-refractivity contribution in [3.05, 3.63) is 102 Å². The van der Waals surface area contributed by atoms with Crippen LogP contribution in [0.2, 0.25) is 0 Å². The molecule has 1 amide bonds. The number of aromatic nitrogens is 3. The standard InChI is InChI=1S/C27H25FN4OS/c1-18(26(33)29-24(19-10-4-2-5-11-19)20-12-6-3-7-13-20)34-27-31-30-25(32(27)21-16-17-21)22-14-8-9-15-23(22)28/h2-15,18,21,24H,16-17H2,1H3,(H,29,33)/t18-/m0/s1. The van der Waals surface area contributed by atoms with E-state index in [4.69, 9.17) is 0 Å². The van der Waals surface area contributed by atoms with E-state index >= 15 is 0 Å². The summed E-state index contributed by atoms with van der Waals surface area (Å²) in [5.41, 5.74) is 2.46. The van der Waals surface area contributed by atoms with Gasteiger partial charge in [0.25, 0.3) is 0 Å². The van der Waals surface area contributed by atoms with Gasteiger partial charge in [-0.05, 0) is 43.0 Å². The van der Waals surface area contributed by atoms with Crippen LogP contribution in [0, 0.1) is 5.82 Å². The minimum atomic E-state index is -0.412. The Kier molecular flexibility index (Phi) is 6.45. The third-order valence-corrected chi connectivity index (χ3v) is 6.95. The van der Waals surface area contributed by atoms with Crippen molar-refractivity contribution in [2.45, 2.75) is 42.3 Å². The molecule has 1 heterocycles. The summed E-state index contributed by atoms with van der Waals surface area (Å²) >= 11 is 1.36. The maximum Gasteiger partial charge on any atom is 0.234 e. The van der Waals surface area contributed by atoms with Crippen LogP contribution in [0.25, 0.3) is 11.4 Å². The normalized spacial score (nSPS) is 14.2. The van der Waals surface area contributed by atoms with Gasteiger partial charge in [-0.2, -0.15) is 0 Å². The summed E-state index contributed by atoms with van der Waals surface area (Å²) in [7, 11) is 0.